The summed E-state index contributed by atoms with van der Waals surface area (Å²) in [4.78, 5) is 12.4. The summed E-state index contributed by atoms with van der Waals surface area (Å²) in [6.07, 6.45) is 2.59. The quantitative estimate of drug-likeness (QED) is 0.712. The van der Waals surface area contributed by atoms with Gasteiger partial charge < -0.3 is 0 Å². The van der Waals surface area contributed by atoms with E-state index in [1.165, 1.54) is 12.5 Å². The van der Waals surface area contributed by atoms with Crippen molar-refractivity contribution in [2.45, 2.75) is 51.0 Å². The van der Waals surface area contributed by atoms with E-state index in [1.54, 1.807) is 0 Å². The van der Waals surface area contributed by atoms with Gasteiger partial charge in [-0.2, -0.15) is 0 Å². The minimum atomic E-state index is -2.71. The lowest BCUT2D eigenvalue weighted by molar-refractivity contribution is -0.118. The first-order valence-corrected chi connectivity index (χ1v) is 10.4. The van der Waals surface area contributed by atoms with Crippen molar-refractivity contribution in [3.05, 3.63) is 54.1 Å². The average molecular weight is 358 g/mol. The van der Waals surface area contributed by atoms with E-state index in [9.17, 15) is 9.00 Å². The summed E-state index contributed by atoms with van der Waals surface area (Å²) in [5, 5.41) is 0. The highest BCUT2D eigenvalue weighted by Gasteiger charge is 2.19. The molecule has 0 heterocycles. The normalized spacial score (nSPS) is 14.7. The monoisotopic (exact) mass is 357 g/mol. The molecule has 0 saturated heterocycles. The Labute approximate surface area is 151 Å². The minimum absolute atomic E-state index is 0.00112. The van der Waals surface area contributed by atoms with E-state index in [2.05, 4.69) is 42.6 Å². The van der Waals surface area contributed by atoms with Crippen molar-refractivity contribution in [2.75, 3.05) is 0 Å². The molecule has 25 heavy (non-hydrogen) atoms. The lowest BCUT2D eigenvalue weighted by Crippen LogP contribution is -2.39. The Kier molecular flexibility index (Phi) is 6.57. The molecule has 0 amide bonds. The molecule has 0 aliphatic carbocycles. The molecule has 2 aromatic rings. The first-order chi connectivity index (χ1) is 11.8. The third-order valence-electron chi connectivity index (χ3n) is 4.26. The van der Waals surface area contributed by atoms with Gasteiger partial charge in [0.25, 0.3) is 0 Å². The Hall–Kier alpha value is -1.91. The van der Waals surface area contributed by atoms with Crippen molar-refractivity contribution in [1.29, 1.82) is 0 Å². The van der Waals surface area contributed by atoms with Crippen LogP contribution in [-0.2, 0) is 14.5 Å². The van der Waals surface area contributed by atoms with Crippen LogP contribution in [-0.4, -0.2) is 21.9 Å². The van der Waals surface area contributed by atoms with Crippen molar-refractivity contribution in [2.24, 2.45) is 0 Å². The molecule has 0 radical (unpaired) electrons. The molecule has 1 N–H and O–H groups in total. The molecule has 134 valence electrons. The Morgan fingerprint density at radius 2 is 1.84 bits per heavy atom. The van der Waals surface area contributed by atoms with Crippen LogP contribution in [0.25, 0.3) is 11.1 Å². The summed E-state index contributed by atoms with van der Waals surface area (Å²) >= 11 is 0. The molecule has 0 saturated carbocycles. The number of hydrogen-bond acceptors (Lipinski definition) is 2. The fourth-order valence-electron chi connectivity index (χ4n) is 2.74. The second-order valence-corrected chi connectivity index (χ2v) is 8.55. The third kappa shape index (κ3) is 5.28. The zero-order valence-electron chi connectivity index (χ0n) is 15.2. The van der Waals surface area contributed by atoms with Crippen LogP contribution in [0.4, 0.5) is 0 Å². The first-order valence-electron chi connectivity index (χ1n) is 8.65. The average Bonchev–Trinajstić information content (AvgIpc) is 2.58. The van der Waals surface area contributed by atoms with Gasteiger partial charge in [0.15, 0.2) is 0 Å². The molecular formula is C21H27NO2S. The number of benzene rings is 2. The van der Waals surface area contributed by atoms with E-state index in [0.29, 0.717) is 11.3 Å². The fraction of sp³-hybridized carbons (Fsp3) is 0.333. The Morgan fingerprint density at radius 1 is 1.16 bits per heavy atom. The second-order valence-electron chi connectivity index (χ2n) is 6.49. The summed E-state index contributed by atoms with van der Waals surface area (Å²) in [6, 6.07) is 15.4. The summed E-state index contributed by atoms with van der Waals surface area (Å²) in [5.74, 6) is 3.85. The van der Waals surface area contributed by atoms with Crippen molar-refractivity contribution >= 4 is 21.4 Å². The molecule has 0 aliphatic heterocycles. The van der Waals surface area contributed by atoms with Crippen LogP contribution in [0.1, 0.15) is 38.7 Å². The molecule has 0 bridgehead atoms. The van der Waals surface area contributed by atoms with Gasteiger partial charge in [-0.1, -0.05) is 61.7 Å². The number of carbonyl (C=O) groups is 1. The lowest BCUT2D eigenvalue weighted by Gasteiger charge is -2.19. The van der Waals surface area contributed by atoms with E-state index in [4.69, 9.17) is 0 Å². The zero-order chi connectivity index (χ0) is 18.4. The number of rotatable bonds is 8. The minimum Gasteiger partial charge on any atom is -0.298 e. The van der Waals surface area contributed by atoms with Crippen LogP contribution in [0.2, 0.25) is 0 Å². The third-order valence-corrected chi connectivity index (χ3v) is 5.96. The molecule has 2 aromatic carbocycles. The summed E-state index contributed by atoms with van der Waals surface area (Å²) in [6.45, 7) is 5.66. The lowest BCUT2D eigenvalue weighted by atomic mass is 10.0. The number of unbranched alkanes of at least 4 members (excludes halogenated alkanes) is 1. The van der Waals surface area contributed by atoms with E-state index < -0.39 is 15.7 Å². The van der Waals surface area contributed by atoms with Gasteiger partial charge in [0, 0.05) is 4.90 Å². The topological polar surface area (TPSA) is 46.2 Å². The summed E-state index contributed by atoms with van der Waals surface area (Å²) < 4.78 is 16.0. The highest BCUT2D eigenvalue weighted by molar-refractivity contribution is 7.98. The van der Waals surface area contributed by atoms with Crippen molar-refractivity contribution in [3.8, 4) is 11.1 Å². The van der Waals surface area contributed by atoms with Crippen LogP contribution < -0.4 is 4.72 Å². The molecule has 4 heteroatoms. The van der Waals surface area contributed by atoms with Crippen LogP contribution >= 0.6 is 0 Å². The van der Waals surface area contributed by atoms with Gasteiger partial charge in [-0.25, -0.2) is 8.93 Å². The van der Waals surface area contributed by atoms with Crippen molar-refractivity contribution in [3.63, 3.8) is 0 Å². The van der Waals surface area contributed by atoms with Gasteiger partial charge in [-0.15, -0.1) is 0 Å². The Morgan fingerprint density at radius 3 is 2.40 bits per heavy atom. The number of aryl methyl sites for hydroxylation is 1. The van der Waals surface area contributed by atoms with Crippen LogP contribution in [0, 0.1) is 6.92 Å². The predicted molar refractivity (Wildman–Crippen MR) is 107 cm³/mol. The predicted octanol–water partition coefficient (Wildman–Crippen LogP) is 4.39. The first kappa shape index (κ1) is 19.4. The summed E-state index contributed by atoms with van der Waals surface area (Å²) in [5.41, 5.74) is 3.39. The van der Waals surface area contributed by atoms with E-state index in [0.717, 1.165) is 24.0 Å². The Balaban J connectivity index is 2.20. The van der Waals surface area contributed by atoms with E-state index in [-0.39, 0.29) is 5.78 Å². The molecule has 2 atom stereocenters. The fourth-order valence-corrected chi connectivity index (χ4v) is 4.20. The molecule has 0 aliphatic rings. The van der Waals surface area contributed by atoms with Gasteiger partial charge in [0.05, 0.1) is 15.7 Å². The Bertz CT molecular complexity index is 823. The van der Waals surface area contributed by atoms with Crippen LogP contribution in [0.15, 0.2) is 53.4 Å². The van der Waals surface area contributed by atoms with Gasteiger partial charge in [-0.3, -0.25) is 4.79 Å². The SMILES string of the molecule is C=S(=O)(N[C@@H](CCCC)C(C)=O)c1ccc(-c2cccc(C)c2)cc1. The van der Waals surface area contributed by atoms with Gasteiger partial charge in [-0.05, 0) is 49.4 Å². The molecule has 0 spiro atoms. The standard InChI is InChI=1S/C21H27NO2S/c1-5-6-10-21(17(3)23)22-25(4,24)20-13-11-18(12-14-20)19-9-7-8-16(2)15-19/h7-9,11-15,21H,4-6,10H2,1-3H3,(H,22,24)/t21-,25?/m0/s1. The molecule has 2 rings (SSSR count). The smallest absolute Gasteiger partial charge is 0.147 e. The number of carbonyl (C=O) groups excluding carboxylic acids is 1. The number of ketones is 1. The van der Waals surface area contributed by atoms with E-state index >= 15 is 0 Å². The van der Waals surface area contributed by atoms with Gasteiger partial charge >= 0.3 is 0 Å². The maximum Gasteiger partial charge on any atom is 0.147 e. The zero-order valence-corrected chi connectivity index (χ0v) is 16.1. The van der Waals surface area contributed by atoms with Gasteiger partial charge in [0.2, 0.25) is 0 Å². The van der Waals surface area contributed by atoms with Crippen molar-refractivity contribution in [1.82, 2.24) is 4.72 Å². The van der Waals surface area contributed by atoms with Crippen LogP contribution in [0.3, 0.4) is 0 Å². The number of nitrogens with one attached hydrogen (secondary N) is 1. The maximum absolute atomic E-state index is 13.0. The largest absolute Gasteiger partial charge is 0.298 e. The van der Waals surface area contributed by atoms with E-state index in [1.807, 2.05) is 30.3 Å². The molecule has 0 fully saturated rings. The molecule has 0 aromatic heterocycles. The molecule has 3 nitrogen and oxygen atoms in total. The summed E-state index contributed by atoms with van der Waals surface area (Å²) in [7, 11) is -2.71. The molecular weight excluding hydrogens is 330 g/mol. The second kappa shape index (κ2) is 8.45. The van der Waals surface area contributed by atoms with Gasteiger partial charge in [0.1, 0.15) is 5.78 Å². The number of Topliss-reactive ketones (excluding diaryl/α,β-unsaturated/α-hetero) is 1. The maximum atomic E-state index is 13.0. The highest BCUT2D eigenvalue weighted by atomic mass is 32.2. The van der Waals surface area contributed by atoms with Crippen LogP contribution in [0.5, 0.6) is 0 Å². The van der Waals surface area contributed by atoms with Crippen molar-refractivity contribution < 1.29 is 9.00 Å². The molecule has 1 unspecified atom stereocenters. The highest BCUT2D eigenvalue weighted by Crippen LogP contribution is 2.22. The number of hydrogen-bond donors (Lipinski definition) is 1.